The van der Waals surface area contributed by atoms with E-state index in [0.29, 0.717) is 19.4 Å². The van der Waals surface area contributed by atoms with Crippen LogP contribution in [0.2, 0.25) is 0 Å². The van der Waals surface area contributed by atoms with E-state index in [0.717, 1.165) is 13.0 Å². The summed E-state index contributed by atoms with van der Waals surface area (Å²) in [7, 11) is -0.952. The first-order chi connectivity index (χ1) is 8.85. The zero-order valence-corrected chi connectivity index (χ0v) is 12.6. The molecule has 0 aromatic heterocycles. The Morgan fingerprint density at radius 3 is 2.68 bits per heavy atom. The van der Waals surface area contributed by atoms with Crippen molar-refractivity contribution in [1.82, 2.24) is 10.2 Å². The Morgan fingerprint density at radius 1 is 1.53 bits per heavy atom. The monoisotopic (exact) mass is 291 g/mol. The highest BCUT2D eigenvalue weighted by Crippen LogP contribution is 2.16. The highest BCUT2D eigenvalue weighted by Gasteiger charge is 2.30. The van der Waals surface area contributed by atoms with Crippen LogP contribution in [0.25, 0.3) is 0 Å². The molecule has 1 aliphatic rings. The molecule has 0 aromatic rings. The number of amides is 1. The molecule has 1 amide bonds. The maximum absolute atomic E-state index is 11.4. The topological polar surface area (TPSA) is 92.5 Å². The van der Waals surface area contributed by atoms with E-state index in [-0.39, 0.29) is 29.5 Å². The van der Waals surface area contributed by atoms with Crippen LogP contribution in [0.1, 0.15) is 26.2 Å². The largest absolute Gasteiger partial charge is 0.368 e. The maximum atomic E-state index is 11.4. The summed E-state index contributed by atoms with van der Waals surface area (Å²) in [5.74, 6) is 0.156. The summed E-state index contributed by atoms with van der Waals surface area (Å²) in [5.41, 5.74) is 5.34. The van der Waals surface area contributed by atoms with Crippen LogP contribution in [0, 0.1) is 0 Å². The molecule has 7 heteroatoms. The van der Waals surface area contributed by atoms with Gasteiger partial charge in [0.1, 0.15) is 0 Å². The SMILES string of the molecule is CCCNC(CCN(C)C1CCS(=O)(=O)C1)C(N)=O. The van der Waals surface area contributed by atoms with Crippen LogP contribution < -0.4 is 11.1 Å². The van der Waals surface area contributed by atoms with E-state index in [9.17, 15) is 13.2 Å². The molecular formula is C12H25N3O3S. The van der Waals surface area contributed by atoms with Crippen molar-refractivity contribution in [3.63, 3.8) is 0 Å². The van der Waals surface area contributed by atoms with Crippen molar-refractivity contribution < 1.29 is 13.2 Å². The number of rotatable bonds is 8. The molecule has 0 aliphatic carbocycles. The normalized spacial score (nSPS) is 23.6. The summed E-state index contributed by atoms with van der Waals surface area (Å²) in [4.78, 5) is 13.3. The van der Waals surface area contributed by atoms with Gasteiger partial charge in [-0.1, -0.05) is 6.92 Å². The van der Waals surface area contributed by atoms with Crippen LogP contribution in [0.4, 0.5) is 0 Å². The summed E-state index contributed by atoms with van der Waals surface area (Å²) in [6.45, 7) is 3.46. The van der Waals surface area contributed by atoms with Crippen LogP contribution in [0.15, 0.2) is 0 Å². The minimum atomic E-state index is -2.86. The van der Waals surface area contributed by atoms with Crippen molar-refractivity contribution >= 4 is 15.7 Å². The molecule has 0 aromatic carbocycles. The minimum Gasteiger partial charge on any atom is -0.368 e. The van der Waals surface area contributed by atoms with Gasteiger partial charge >= 0.3 is 0 Å². The lowest BCUT2D eigenvalue weighted by atomic mass is 10.1. The molecule has 3 N–H and O–H groups in total. The lowest BCUT2D eigenvalue weighted by Crippen LogP contribution is -2.44. The van der Waals surface area contributed by atoms with Crippen LogP contribution in [-0.4, -0.2) is 63.0 Å². The van der Waals surface area contributed by atoms with E-state index >= 15 is 0 Å². The third-order valence-corrected chi connectivity index (χ3v) is 5.34. The zero-order chi connectivity index (χ0) is 14.5. The van der Waals surface area contributed by atoms with Gasteiger partial charge in [0.05, 0.1) is 17.5 Å². The van der Waals surface area contributed by atoms with Crippen LogP contribution in [0.3, 0.4) is 0 Å². The third-order valence-electron chi connectivity index (χ3n) is 3.59. The van der Waals surface area contributed by atoms with Crippen molar-refractivity contribution in [1.29, 1.82) is 0 Å². The average molecular weight is 291 g/mol. The second kappa shape index (κ2) is 7.21. The fourth-order valence-electron chi connectivity index (χ4n) is 2.30. The zero-order valence-electron chi connectivity index (χ0n) is 11.8. The number of hydrogen-bond donors (Lipinski definition) is 2. The van der Waals surface area contributed by atoms with E-state index in [2.05, 4.69) is 5.32 Å². The fourth-order valence-corrected chi connectivity index (χ4v) is 4.11. The second-order valence-electron chi connectivity index (χ2n) is 5.24. The molecule has 112 valence electrons. The highest BCUT2D eigenvalue weighted by atomic mass is 32.2. The van der Waals surface area contributed by atoms with Crippen molar-refractivity contribution in [2.45, 2.75) is 38.3 Å². The number of nitrogens with two attached hydrogens (primary N) is 1. The second-order valence-corrected chi connectivity index (χ2v) is 7.46. The Balaban J connectivity index is 2.39. The van der Waals surface area contributed by atoms with E-state index in [1.807, 2.05) is 18.9 Å². The van der Waals surface area contributed by atoms with E-state index in [1.165, 1.54) is 0 Å². The van der Waals surface area contributed by atoms with Gasteiger partial charge in [0.15, 0.2) is 9.84 Å². The van der Waals surface area contributed by atoms with Crippen molar-refractivity contribution in [2.24, 2.45) is 5.73 Å². The maximum Gasteiger partial charge on any atom is 0.234 e. The standard InChI is InChI=1S/C12H25N3O3S/c1-3-6-14-11(12(13)16)4-7-15(2)10-5-8-19(17,18)9-10/h10-11,14H,3-9H2,1-2H3,(H2,13,16). The van der Waals surface area contributed by atoms with Crippen LogP contribution in [0.5, 0.6) is 0 Å². The molecule has 1 heterocycles. The first-order valence-electron chi connectivity index (χ1n) is 6.79. The minimum absolute atomic E-state index is 0.0738. The van der Waals surface area contributed by atoms with Gasteiger partial charge in [0, 0.05) is 12.6 Å². The molecule has 1 aliphatic heterocycles. The number of nitrogens with one attached hydrogen (secondary N) is 1. The summed E-state index contributed by atoms with van der Waals surface area (Å²) in [6, 6.07) is -0.259. The van der Waals surface area contributed by atoms with E-state index in [1.54, 1.807) is 0 Å². The molecule has 0 saturated carbocycles. The van der Waals surface area contributed by atoms with Gasteiger partial charge in [0.2, 0.25) is 5.91 Å². The third kappa shape index (κ3) is 5.46. The number of hydrogen-bond acceptors (Lipinski definition) is 5. The van der Waals surface area contributed by atoms with E-state index in [4.69, 9.17) is 5.73 Å². The van der Waals surface area contributed by atoms with Gasteiger partial charge in [-0.2, -0.15) is 0 Å². The van der Waals surface area contributed by atoms with Gasteiger partial charge in [-0.25, -0.2) is 8.42 Å². The van der Waals surface area contributed by atoms with Crippen molar-refractivity contribution in [3.8, 4) is 0 Å². The van der Waals surface area contributed by atoms with Crippen molar-refractivity contribution in [2.75, 3.05) is 31.6 Å². The summed E-state index contributed by atoms with van der Waals surface area (Å²) in [5, 5.41) is 3.11. The molecule has 0 spiro atoms. The smallest absolute Gasteiger partial charge is 0.234 e. The summed E-state index contributed by atoms with van der Waals surface area (Å²) >= 11 is 0. The summed E-state index contributed by atoms with van der Waals surface area (Å²) < 4.78 is 22.8. The molecule has 1 fully saturated rings. The summed E-state index contributed by atoms with van der Waals surface area (Å²) in [6.07, 6.45) is 2.24. The van der Waals surface area contributed by atoms with Gasteiger partial charge in [-0.05, 0) is 32.9 Å². The number of nitrogens with zero attached hydrogens (tertiary/aromatic N) is 1. The number of carbonyl (C=O) groups excluding carboxylic acids is 1. The molecule has 0 radical (unpaired) electrons. The van der Waals surface area contributed by atoms with Crippen LogP contribution >= 0.6 is 0 Å². The number of sulfone groups is 1. The van der Waals surface area contributed by atoms with Gasteiger partial charge in [-0.3, -0.25) is 4.79 Å². The Morgan fingerprint density at radius 2 is 2.21 bits per heavy atom. The molecule has 2 atom stereocenters. The highest BCUT2D eigenvalue weighted by molar-refractivity contribution is 7.91. The molecule has 0 bridgehead atoms. The molecule has 1 saturated heterocycles. The van der Waals surface area contributed by atoms with Gasteiger partial charge in [-0.15, -0.1) is 0 Å². The Hall–Kier alpha value is -0.660. The predicted molar refractivity (Wildman–Crippen MR) is 75.6 cm³/mol. The quantitative estimate of drug-likeness (QED) is 0.620. The van der Waals surface area contributed by atoms with Crippen molar-refractivity contribution in [3.05, 3.63) is 0 Å². The first-order valence-corrected chi connectivity index (χ1v) is 8.61. The fraction of sp³-hybridized carbons (Fsp3) is 0.917. The van der Waals surface area contributed by atoms with Crippen LogP contribution in [-0.2, 0) is 14.6 Å². The number of primary amides is 1. The Labute approximate surface area is 115 Å². The average Bonchev–Trinajstić information content (AvgIpc) is 2.69. The van der Waals surface area contributed by atoms with Gasteiger partial charge in [0.25, 0.3) is 0 Å². The lowest BCUT2D eigenvalue weighted by molar-refractivity contribution is -0.120. The van der Waals surface area contributed by atoms with Gasteiger partial charge < -0.3 is 16.0 Å². The molecular weight excluding hydrogens is 266 g/mol. The lowest BCUT2D eigenvalue weighted by Gasteiger charge is -2.25. The van der Waals surface area contributed by atoms with E-state index < -0.39 is 9.84 Å². The molecule has 1 rings (SSSR count). The molecule has 2 unspecified atom stereocenters. The number of carbonyl (C=O) groups is 1. The Kier molecular flexibility index (Phi) is 6.22. The Bertz CT molecular complexity index is 397. The molecule has 6 nitrogen and oxygen atoms in total. The molecule has 19 heavy (non-hydrogen) atoms. The predicted octanol–water partition coefficient (Wildman–Crippen LogP) is -0.651. The first kappa shape index (κ1) is 16.4.